The van der Waals surface area contributed by atoms with Crippen LogP contribution in [0.3, 0.4) is 0 Å². The molecule has 0 unspecified atom stereocenters. The standard InChI is InChI=1S/C6H8Cl2O/c1-2-3-6(9)5(8)4-7/h4H,2-3H2,1H3. The first-order valence-electron chi connectivity index (χ1n) is 2.71. The molecule has 0 bridgehead atoms. The van der Waals surface area contributed by atoms with Crippen molar-refractivity contribution in [2.24, 2.45) is 0 Å². The van der Waals surface area contributed by atoms with Crippen LogP contribution < -0.4 is 0 Å². The van der Waals surface area contributed by atoms with E-state index in [-0.39, 0.29) is 10.8 Å². The van der Waals surface area contributed by atoms with Crippen molar-refractivity contribution >= 4 is 29.0 Å². The number of ketones is 1. The van der Waals surface area contributed by atoms with Crippen molar-refractivity contribution in [3.8, 4) is 0 Å². The highest BCUT2D eigenvalue weighted by Gasteiger charge is 2.02. The van der Waals surface area contributed by atoms with Gasteiger partial charge in [-0.1, -0.05) is 30.1 Å². The number of rotatable bonds is 3. The fourth-order valence-corrected chi connectivity index (χ4v) is 0.624. The summed E-state index contributed by atoms with van der Waals surface area (Å²) >= 11 is 10.5. The van der Waals surface area contributed by atoms with Gasteiger partial charge in [0.25, 0.3) is 0 Å². The molecule has 0 aliphatic rings. The van der Waals surface area contributed by atoms with Gasteiger partial charge in [0.15, 0.2) is 5.78 Å². The summed E-state index contributed by atoms with van der Waals surface area (Å²) in [6.07, 6.45) is 1.28. The Kier molecular flexibility index (Phi) is 4.83. The van der Waals surface area contributed by atoms with E-state index in [0.29, 0.717) is 6.42 Å². The molecule has 0 radical (unpaired) electrons. The predicted molar refractivity (Wildman–Crippen MR) is 39.7 cm³/mol. The van der Waals surface area contributed by atoms with Crippen LogP contribution in [0.25, 0.3) is 0 Å². The first kappa shape index (κ1) is 8.99. The van der Waals surface area contributed by atoms with Crippen LogP contribution in [0.2, 0.25) is 0 Å². The molecule has 0 aromatic carbocycles. The lowest BCUT2D eigenvalue weighted by molar-refractivity contribution is -0.115. The third-order valence-electron chi connectivity index (χ3n) is 0.839. The van der Waals surface area contributed by atoms with Gasteiger partial charge in [-0.05, 0) is 6.42 Å². The molecule has 52 valence electrons. The Labute approximate surface area is 64.6 Å². The van der Waals surface area contributed by atoms with Crippen LogP contribution in [-0.4, -0.2) is 5.78 Å². The summed E-state index contributed by atoms with van der Waals surface area (Å²) in [5.41, 5.74) is 1.10. The number of hydrogen-bond donors (Lipinski definition) is 0. The molecule has 0 aromatic heterocycles. The Bertz CT molecular complexity index is 129. The Hall–Kier alpha value is -0.0100. The van der Waals surface area contributed by atoms with Gasteiger partial charge in [-0.25, -0.2) is 0 Å². The molecule has 0 aliphatic heterocycles. The number of carbonyl (C=O) groups excluding carboxylic acids is 1. The molecule has 0 saturated heterocycles. The first-order chi connectivity index (χ1) is 4.22. The largest absolute Gasteiger partial charge is 0.293 e. The lowest BCUT2D eigenvalue weighted by atomic mass is 10.2. The molecule has 9 heavy (non-hydrogen) atoms. The molecule has 3 heteroatoms. The van der Waals surface area contributed by atoms with E-state index < -0.39 is 0 Å². The summed E-state index contributed by atoms with van der Waals surface area (Å²) in [6, 6.07) is 0. The third-order valence-corrected chi connectivity index (χ3v) is 1.49. The normalized spacial score (nSPS) is 11.7. The maximum Gasteiger partial charge on any atom is 0.175 e. The van der Waals surface area contributed by atoms with Gasteiger partial charge in [0.1, 0.15) is 0 Å². The van der Waals surface area contributed by atoms with Gasteiger partial charge in [0, 0.05) is 12.0 Å². The van der Waals surface area contributed by atoms with Gasteiger partial charge in [0.05, 0.1) is 5.03 Å². The van der Waals surface area contributed by atoms with Gasteiger partial charge in [-0.3, -0.25) is 4.79 Å². The molecular weight excluding hydrogens is 159 g/mol. The molecule has 0 heterocycles. The second kappa shape index (κ2) is 4.83. The van der Waals surface area contributed by atoms with E-state index in [1.54, 1.807) is 0 Å². The lowest BCUT2D eigenvalue weighted by Crippen LogP contribution is -1.94. The fourth-order valence-electron chi connectivity index (χ4n) is 0.407. The number of carbonyl (C=O) groups is 1. The van der Waals surface area contributed by atoms with E-state index in [0.717, 1.165) is 12.0 Å². The smallest absolute Gasteiger partial charge is 0.175 e. The SMILES string of the molecule is CCCC(=O)C(Cl)=CCl. The quantitative estimate of drug-likeness (QED) is 0.590. The van der Waals surface area contributed by atoms with Crippen molar-refractivity contribution in [2.45, 2.75) is 19.8 Å². The zero-order valence-electron chi connectivity index (χ0n) is 5.16. The van der Waals surface area contributed by atoms with E-state index in [1.807, 2.05) is 6.92 Å². The predicted octanol–water partition coefficient (Wildman–Crippen LogP) is 2.67. The first-order valence-corrected chi connectivity index (χ1v) is 3.53. The van der Waals surface area contributed by atoms with Crippen LogP contribution in [0, 0.1) is 0 Å². The summed E-state index contributed by atoms with van der Waals surface area (Å²) in [6.45, 7) is 1.91. The maximum atomic E-state index is 10.7. The van der Waals surface area contributed by atoms with Crippen LogP contribution in [-0.2, 0) is 4.79 Å². The van der Waals surface area contributed by atoms with Crippen molar-refractivity contribution in [1.29, 1.82) is 0 Å². The van der Waals surface area contributed by atoms with E-state index in [9.17, 15) is 4.79 Å². The van der Waals surface area contributed by atoms with E-state index in [2.05, 4.69) is 0 Å². The molecule has 0 saturated carbocycles. The van der Waals surface area contributed by atoms with Crippen LogP contribution in [0.1, 0.15) is 19.8 Å². The summed E-state index contributed by atoms with van der Waals surface area (Å²) in [5.74, 6) is -0.0887. The molecule has 0 amide bonds. The molecule has 0 N–H and O–H groups in total. The lowest BCUT2D eigenvalue weighted by Gasteiger charge is -1.91. The highest BCUT2D eigenvalue weighted by molar-refractivity contribution is 6.46. The average Bonchev–Trinajstić information content (AvgIpc) is 1.87. The van der Waals surface area contributed by atoms with Crippen molar-refractivity contribution in [2.75, 3.05) is 0 Å². The van der Waals surface area contributed by atoms with Gasteiger partial charge in [0.2, 0.25) is 0 Å². The van der Waals surface area contributed by atoms with Gasteiger partial charge < -0.3 is 0 Å². The molecule has 0 atom stereocenters. The monoisotopic (exact) mass is 166 g/mol. The Morgan fingerprint density at radius 3 is 2.56 bits per heavy atom. The zero-order chi connectivity index (χ0) is 7.28. The fraction of sp³-hybridized carbons (Fsp3) is 0.500. The number of allylic oxidation sites excluding steroid dienone is 1. The Morgan fingerprint density at radius 1 is 1.67 bits per heavy atom. The van der Waals surface area contributed by atoms with Crippen LogP contribution in [0.4, 0.5) is 0 Å². The van der Waals surface area contributed by atoms with Crippen LogP contribution in [0.5, 0.6) is 0 Å². The summed E-state index contributed by atoms with van der Waals surface area (Å²) in [4.78, 5) is 10.7. The van der Waals surface area contributed by atoms with Crippen molar-refractivity contribution in [3.63, 3.8) is 0 Å². The minimum Gasteiger partial charge on any atom is -0.293 e. The molecule has 0 aromatic rings. The molecule has 0 fully saturated rings. The highest BCUT2D eigenvalue weighted by Crippen LogP contribution is 2.07. The Morgan fingerprint density at radius 2 is 2.22 bits per heavy atom. The van der Waals surface area contributed by atoms with Gasteiger partial charge in [-0.2, -0.15) is 0 Å². The van der Waals surface area contributed by atoms with Crippen molar-refractivity contribution < 1.29 is 4.79 Å². The zero-order valence-corrected chi connectivity index (χ0v) is 6.67. The second-order valence-corrected chi connectivity index (χ2v) is 2.26. The summed E-state index contributed by atoms with van der Waals surface area (Å²) in [7, 11) is 0. The van der Waals surface area contributed by atoms with E-state index in [1.165, 1.54) is 0 Å². The third kappa shape index (κ3) is 3.55. The van der Waals surface area contributed by atoms with E-state index >= 15 is 0 Å². The molecule has 0 aliphatic carbocycles. The van der Waals surface area contributed by atoms with Crippen LogP contribution >= 0.6 is 23.2 Å². The highest BCUT2D eigenvalue weighted by atomic mass is 35.5. The number of Topliss-reactive ketones (excluding diaryl/α,β-unsaturated/α-hetero) is 1. The average molecular weight is 167 g/mol. The number of hydrogen-bond acceptors (Lipinski definition) is 1. The minimum atomic E-state index is -0.0887. The summed E-state index contributed by atoms with van der Waals surface area (Å²) < 4.78 is 0. The van der Waals surface area contributed by atoms with Crippen molar-refractivity contribution in [3.05, 3.63) is 10.6 Å². The van der Waals surface area contributed by atoms with Gasteiger partial charge >= 0.3 is 0 Å². The minimum absolute atomic E-state index is 0.0887. The topological polar surface area (TPSA) is 17.1 Å². The Balaban J connectivity index is 3.74. The number of halogens is 2. The molecule has 0 rings (SSSR count). The second-order valence-electron chi connectivity index (χ2n) is 1.63. The molecular formula is C6H8Cl2O. The maximum absolute atomic E-state index is 10.7. The summed E-state index contributed by atoms with van der Waals surface area (Å²) in [5, 5.41) is 0.124. The molecule has 0 spiro atoms. The van der Waals surface area contributed by atoms with E-state index in [4.69, 9.17) is 23.2 Å². The molecule has 1 nitrogen and oxygen atoms in total. The van der Waals surface area contributed by atoms with Crippen LogP contribution in [0.15, 0.2) is 10.6 Å². The van der Waals surface area contributed by atoms with Gasteiger partial charge in [-0.15, -0.1) is 0 Å². The van der Waals surface area contributed by atoms with Crippen molar-refractivity contribution in [1.82, 2.24) is 0 Å².